The van der Waals surface area contributed by atoms with Gasteiger partial charge in [0.2, 0.25) is 0 Å². The average Bonchev–Trinajstić information content (AvgIpc) is 2.95. The zero-order chi connectivity index (χ0) is 14.1. The molecule has 0 aromatic heterocycles. The summed E-state index contributed by atoms with van der Waals surface area (Å²) in [4.78, 5) is 11.1. The number of fused-ring (bicyclic) bond motifs is 1. The van der Waals surface area contributed by atoms with Crippen LogP contribution in [0.25, 0.3) is 10.8 Å². The molecule has 1 aliphatic heterocycles. The van der Waals surface area contributed by atoms with E-state index in [1.54, 1.807) is 7.11 Å². The number of carboxylic acid groups (broad SMARTS) is 1. The SMILES string of the molecule is COc1ccc2ccccc2c1C1CC(C(=O)O)CN1. The quantitative estimate of drug-likeness (QED) is 0.901. The fourth-order valence-corrected chi connectivity index (χ4v) is 2.96. The molecular formula is C16H17NO3. The lowest BCUT2D eigenvalue weighted by molar-refractivity contribution is -0.141. The lowest BCUT2D eigenvalue weighted by Crippen LogP contribution is -2.17. The molecule has 2 N–H and O–H groups in total. The number of hydrogen-bond donors (Lipinski definition) is 2. The summed E-state index contributed by atoms with van der Waals surface area (Å²) >= 11 is 0. The molecular weight excluding hydrogens is 254 g/mol. The van der Waals surface area contributed by atoms with Crippen LogP contribution >= 0.6 is 0 Å². The number of benzene rings is 2. The van der Waals surface area contributed by atoms with Gasteiger partial charge < -0.3 is 15.2 Å². The normalized spacial score (nSPS) is 22.1. The van der Waals surface area contributed by atoms with Crippen LogP contribution < -0.4 is 10.1 Å². The molecule has 0 amide bonds. The van der Waals surface area contributed by atoms with Gasteiger partial charge in [-0.2, -0.15) is 0 Å². The molecule has 1 heterocycles. The van der Waals surface area contributed by atoms with E-state index in [1.807, 2.05) is 24.3 Å². The second-order valence-corrected chi connectivity index (χ2v) is 5.13. The van der Waals surface area contributed by atoms with Gasteiger partial charge in [-0.1, -0.05) is 30.3 Å². The second-order valence-electron chi connectivity index (χ2n) is 5.13. The van der Waals surface area contributed by atoms with Crippen LogP contribution in [0.1, 0.15) is 18.0 Å². The summed E-state index contributed by atoms with van der Waals surface area (Å²) in [5.74, 6) is -0.255. The highest BCUT2D eigenvalue weighted by molar-refractivity contribution is 5.88. The van der Waals surface area contributed by atoms with Crippen LogP contribution in [0.5, 0.6) is 5.75 Å². The minimum Gasteiger partial charge on any atom is -0.496 e. The molecule has 3 rings (SSSR count). The van der Waals surface area contributed by atoms with Gasteiger partial charge in [-0.05, 0) is 23.3 Å². The Labute approximate surface area is 117 Å². The number of carbonyl (C=O) groups is 1. The van der Waals surface area contributed by atoms with Gasteiger partial charge in [0.25, 0.3) is 0 Å². The molecule has 4 heteroatoms. The number of ether oxygens (including phenoxy) is 1. The van der Waals surface area contributed by atoms with Gasteiger partial charge >= 0.3 is 5.97 Å². The van der Waals surface area contributed by atoms with Crippen LogP contribution in [-0.2, 0) is 4.79 Å². The summed E-state index contributed by atoms with van der Waals surface area (Å²) in [5, 5.41) is 14.7. The van der Waals surface area contributed by atoms with E-state index in [-0.39, 0.29) is 12.0 Å². The van der Waals surface area contributed by atoms with Crippen LogP contribution in [0.4, 0.5) is 0 Å². The maximum Gasteiger partial charge on any atom is 0.307 e. The van der Waals surface area contributed by atoms with E-state index in [1.165, 1.54) is 0 Å². The van der Waals surface area contributed by atoms with E-state index in [2.05, 4.69) is 17.4 Å². The minimum atomic E-state index is -0.737. The van der Waals surface area contributed by atoms with E-state index >= 15 is 0 Å². The molecule has 0 saturated carbocycles. The van der Waals surface area contributed by atoms with E-state index < -0.39 is 5.97 Å². The summed E-state index contributed by atoms with van der Waals surface area (Å²) in [5.41, 5.74) is 1.06. The molecule has 104 valence electrons. The van der Waals surface area contributed by atoms with Crippen molar-refractivity contribution in [2.24, 2.45) is 5.92 Å². The molecule has 1 fully saturated rings. The Hall–Kier alpha value is -2.07. The Morgan fingerprint density at radius 2 is 2.10 bits per heavy atom. The van der Waals surface area contributed by atoms with Gasteiger partial charge in [0.15, 0.2) is 0 Å². The Balaban J connectivity index is 2.08. The van der Waals surface area contributed by atoms with E-state index in [0.717, 1.165) is 22.1 Å². The highest BCUT2D eigenvalue weighted by atomic mass is 16.5. The molecule has 0 spiro atoms. The van der Waals surface area contributed by atoms with E-state index in [4.69, 9.17) is 9.84 Å². The zero-order valence-corrected chi connectivity index (χ0v) is 11.3. The summed E-state index contributed by atoms with van der Waals surface area (Å²) < 4.78 is 5.47. The second kappa shape index (κ2) is 5.13. The predicted molar refractivity (Wildman–Crippen MR) is 77.0 cm³/mol. The van der Waals surface area contributed by atoms with Crippen molar-refractivity contribution in [3.8, 4) is 5.75 Å². The highest BCUT2D eigenvalue weighted by Gasteiger charge is 2.32. The molecule has 20 heavy (non-hydrogen) atoms. The molecule has 2 unspecified atom stereocenters. The zero-order valence-electron chi connectivity index (χ0n) is 11.3. The van der Waals surface area contributed by atoms with Gasteiger partial charge in [-0.15, -0.1) is 0 Å². The predicted octanol–water partition coefficient (Wildman–Crippen LogP) is 2.58. The Morgan fingerprint density at radius 3 is 2.80 bits per heavy atom. The molecule has 2 atom stereocenters. The van der Waals surface area contributed by atoms with Crippen molar-refractivity contribution in [3.05, 3.63) is 42.0 Å². The van der Waals surface area contributed by atoms with Gasteiger partial charge in [0.05, 0.1) is 13.0 Å². The lowest BCUT2D eigenvalue weighted by Gasteiger charge is -2.18. The smallest absolute Gasteiger partial charge is 0.307 e. The first-order valence-electron chi connectivity index (χ1n) is 6.72. The maximum atomic E-state index is 11.1. The van der Waals surface area contributed by atoms with Crippen LogP contribution in [0.15, 0.2) is 36.4 Å². The first kappa shape index (κ1) is 12.9. The average molecular weight is 271 g/mol. The molecule has 0 aliphatic carbocycles. The molecule has 1 saturated heterocycles. The van der Waals surface area contributed by atoms with Gasteiger partial charge in [0.1, 0.15) is 5.75 Å². The number of methoxy groups -OCH3 is 1. The number of nitrogens with one attached hydrogen (secondary N) is 1. The topological polar surface area (TPSA) is 58.6 Å². The third-order valence-corrected chi connectivity index (χ3v) is 3.98. The number of carboxylic acids is 1. The van der Waals surface area contributed by atoms with Crippen molar-refractivity contribution in [1.29, 1.82) is 0 Å². The summed E-state index contributed by atoms with van der Waals surface area (Å²) in [6.45, 7) is 0.506. The molecule has 1 aliphatic rings. The fraction of sp³-hybridized carbons (Fsp3) is 0.312. The number of aliphatic carboxylic acids is 1. The number of hydrogen-bond acceptors (Lipinski definition) is 3. The van der Waals surface area contributed by atoms with Gasteiger partial charge in [0, 0.05) is 18.2 Å². The largest absolute Gasteiger partial charge is 0.496 e. The van der Waals surface area contributed by atoms with Crippen LogP contribution in [0.3, 0.4) is 0 Å². The Morgan fingerprint density at radius 1 is 1.30 bits per heavy atom. The lowest BCUT2D eigenvalue weighted by atomic mass is 9.94. The third kappa shape index (κ3) is 2.12. The summed E-state index contributed by atoms with van der Waals surface area (Å²) in [7, 11) is 1.65. The minimum absolute atomic E-state index is 0.0251. The van der Waals surface area contributed by atoms with Crippen molar-refractivity contribution < 1.29 is 14.6 Å². The summed E-state index contributed by atoms with van der Waals surface area (Å²) in [6, 6.07) is 12.1. The molecule has 2 aromatic rings. The number of rotatable bonds is 3. The molecule has 4 nitrogen and oxygen atoms in total. The maximum absolute atomic E-state index is 11.1. The Kier molecular flexibility index (Phi) is 3.32. The first-order valence-corrected chi connectivity index (χ1v) is 6.72. The fourth-order valence-electron chi connectivity index (χ4n) is 2.96. The van der Waals surface area contributed by atoms with Crippen LogP contribution in [-0.4, -0.2) is 24.7 Å². The standard InChI is InChI=1S/C16H17NO3/c1-20-14-7-6-10-4-2-3-5-12(10)15(14)13-8-11(9-17-13)16(18)19/h2-7,11,13,17H,8-9H2,1H3,(H,18,19). The third-order valence-electron chi connectivity index (χ3n) is 3.98. The van der Waals surface area contributed by atoms with Gasteiger partial charge in [-0.25, -0.2) is 0 Å². The first-order chi connectivity index (χ1) is 9.70. The van der Waals surface area contributed by atoms with Gasteiger partial charge in [-0.3, -0.25) is 4.79 Å². The van der Waals surface area contributed by atoms with E-state index in [0.29, 0.717) is 13.0 Å². The van der Waals surface area contributed by atoms with Crippen molar-refractivity contribution in [3.63, 3.8) is 0 Å². The van der Waals surface area contributed by atoms with Crippen molar-refractivity contribution in [2.45, 2.75) is 12.5 Å². The molecule has 0 radical (unpaired) electrons. The van der Waals surface area contributed by atoms with Crippen LogP contribution in [0.2, 0.25) is 0 Å². The van der Waals surface area contributed by atoms with Crippen molar-refractivity contribution >= 4 is 16.7 Å². The molecule has 0 bridgehead atoms. The van der Waals surface area contributed by atoms with E-state index in [9.17, 15) is 4.79 Å². The van der Waals surface area contributed by atoms with Crippen molar-refractivity contribution in [1.82, 2.24) is 5.32 Å². The highest BCUT2D eigenvalue weighted by Crippen LogP contribution is 2.38. The van der Waals surface area contributed by atoms with Crippen LogP contribution in [0, 0.1) is 5.92 Å². The monoisotopic (exact) mass is 271 g/mol. The molecule has 2 aromatic carbocycles. The Bertz CT molecular complexity index is 653. The summed E-state index contributed by atoms with van der Waals surface area (Å²) in [6.07, 6.45) is 0.597. The van der Waals surface area contributed by atoms with Crippen molar-refractivity contribution in [2.75, 3.05) is 13.7 Å².